The molecule has 0 aliphatic carbocycles. The maximum absolute atomic E-state index is 14.0. The number of halogens is 1. The molecule has 8 heteroatoms. The molecule has 0 saturated heterocycles. The number of hydrogen-bond donors (Lipinski definition) is 2. The number of nitrogens with zero attached hydrogens (tertiary/aromatic N) is 5. The number of fused-ring (bicyclic) bond motifs is 2. The van der Waals surface area contributed by atoms with Crippen molar-refractivity contribution in [1.82, 2.24) is 29.9 Å². The average molecular weight is 399 g/mol. The summed E-state index contributed by atoms with van der Waals surface area (Å²) in [5.74, 6) is 0.294. The van der Waals surface area contributed by atoms with Gasteiger partial charge in [-0.15, -0.1) is 0 Å². The highest BCUT2D eigenvalue weighted by molar-refractivity contribution is 5.83. The van der Waals surface area contributed by atoms with Crippen LogP contribution in [-0.4, -0.2) is 29.9 Å². The van der Waals surface area contributed by atoms with Crippen molar-refractivity contribution in [3.05, 3.63) is 72.2 Å². The van der Waals surface area contributed by atoms with Crippen molar-refractivity contribution in [2.45, 2.75) is 19.9 Å². The van der Waals surface area contributed by atoms with Crippen molar-refractivity contribution in [2.75, 3.05) is 5.32 Å². The van der Waals surface area contributed by atoms with Crippen LogP contribution in [0.1, 0.15) is 24.2 Å². The zero-order chi connectivity index (χ0) is 20.7. The van der Waals surface area contributed by atoms with Crippen LogP contribution in [0, 0.1) is 12.7 Å². The molecule has 0 bridgehead atoms. The molecule has 5 rings (SSSR count). The first-order valence-electron chi connectivity index (χ1n) is 9.54. The molecule has 30 heavy (non-hydrogen) atoms. The van der Waals surface area contributed by atoms with Gasteiger partial charge < -0.3 is 10.3 Å². The van der Waals surface area contributed by atoms with Gasteiger partial charge in [0.25, 0.3) is 0 Å². The molecule has 2 aromatic carbocycles. The predicted octanol–water partition coefficient (Wildman–Crippen LogP) is 4.58. The van der Waals surface area contributed by atoms with E-state index >= 15 is 0 Å². The van der Waals surface area contributed by atoms with Crippen LogP contribution in [0.5, 0.6) is 0 Å². The molecule has 148 valence electrons. The van der Waals surface area contributed by atoms with Gasteiger partial charge in [0, 0.05) is 5.56 Å². The lowest BCUT2D eigenvalue weighted by molar-refractivity contribution is 0.628. The highest BCUT2D eigenvalue weighted by atomic mass is 19.1. The molecule has 0 unspecified atom stereocenters. The topological polar surface area (TPSA) is 92.3 Å². The van der Waals surface area contributed by atoms with Crippen LogP contribution in [0.4, 0.5) is 10.2 Å². The third-order valence-corrected chi connectivity index (χ3v) is 5.01. The summed E-state index contributed by atoms with van der Waals surface area (Å²) in [4.78, 5) is 25.5. The molecule has 7 nitrogen and oxygen atoms in total. The number of para-hydroxylation sites is 1. The second kappa shape index (κ2) is 7.14. The van der Waals surface area contributed by atoms with Crippen LogP contribution in [0.3, 0.4) is 0 Å². The predicted molar refractivity (Wildman–Crippen MR) is 113 cm³/mol. The highest BCUT2D eigenvalue weighted by Crippen LogP contribution is 2.31. The Balaban J connectivity index is 1.66. The minimum absolute atomic E-state index is 0.262. The van der Waals surface area contributed by atoms with Gasteiger partial charge >= 0.3 is 0 Å². The Morgan fingerprint density at radius 2 is 1.90 bits per heavy atom. The molecule has 0 radical (unpaired) electrons. The van der Waals surface area contributed by atoms with Crippen molar-refractivity contribution in [3.8, 4) is 11.3 Å². The van der Waals surface area contributed by atoms with Crippen LogP contribution in [0.2, 0.25) is 0 Å². The summed E-state index contributed by atoms with van der Waals surface area (Å²) in [6.45, 7) is 3.96. The summed E-state index contributed by atoms with van der Waals surface area (Å²) >= 11 is 0. The molecule has 0 aliphatic heterocycles. The van der Waals surface area contributed by atoms with Crippen molar-refractivity contribution < 1.29 is 4.39 Å². The van der Waals surface area contributed by atoms with Gasteiger partial charge in [-0.05, 0) is 37.6 Å². The van der Waals surface area contributed by atoms with Gasteiger partial charge in [-0.25, -0.2) is 29.3 Å². The molecule has 0 amide bonds. The van der Waals surface area contributed by atoms with Gasteiger partial charge in [0.2, 0.25) is 0 Å². The van der Waals surface area contributed by atoms with Crippen molar-refractivity contribution in [2.24, 2.45) is 0 Å². The van der Waals surface area contributed by atoms with Crippen molar-refractivity contribution in [1.29, 1.82) is 0 Å². The highest BCUT2D eigenvalue weighted by Gasteiger charge is 2.19. The minimum Gasteiger partial charge on any atom is -0.360 e. The second-order valence-corrected chi connectivity index (χ2v) is 7.10. The normalized spacial score (nSPS) is 12.4. The molecule has 0 aliphatic rings. The smallest absolute Gasteiger partial charge is 0.182 e. The summed E-state index contributed by atoms with van der Waals surface area (Å²) in [7, 11) is 0. The first kappa shape index (κ1) is 18.1. The number of aromatic amines is 1. The minimum atomic E-state index is -0.319. The maximum Gasteiger partial charge on any atom is 0.182 e. The van der Waals surface area contributed by atoms with Crippen LogP contribution < -0.4 is 5.32 Å². The first-order chi connectivity index (χ1) is 14.6. The SMILES string of the molecule is Cc1cccc2nc([C@H](C)Nc3ncnc4nc[nH]c34)c(-c3cccc(F)c3)nc12. The Hall–Kier alpha value is -3.94. The molecule has 0 saturated carbocycles. The summed E-state index contributed by atoms with van der Waals surface area (Å²) in [6.07, 6.45) is 3.03. The van der Waals surface area contributed by atoms with Crippen molar-refractivity contribution in [3.63, 3.8) is 0 Å². The van der Waals surface area contributed by atoms with E-state index in [1.54, 1.807) is 12.4 Å². The number of anilines is 1. The number of aryl methyl sites for hydroxylation is 1. The van der Waals surface area contributed by atoms with Gasteiger partial charge in [-0.3, -0.25) is 0 Å². The van der Waals surface area contributed by atoms with E-state index in [0.717, 1.165) is 16.6 Å². The molecule has 3 aromatic heterocycles. The van der Waals surface area contributed by atoms with Gasteiger partial charge in [0.1, 0.15) is 17.7 Å². The van der Waals surface area contributed by atoms with Gasteiger partial charge in [0.05, 0.1) is 34.8 Å². The van der Waals surface area contributed by atoms with Crippen LogP contribution in [-0.2, 0) is 0 Å². The number of imidazole rings is 1. The Morgan fingerprint density at radius 3 is 2.77 bits per heavy atom. The zero-order valence-electron chi connectivity index (χ0n) is 16.4. The summed E-state index contributed by atoms with van der Waals surface area (Å²) < 4.78 is 14.0. The van der Waals surface area contributed by atoms with Crippen LogP contribution >= 0.6 is 0 Å². The summed E-state index contributed by atoms with van der Waals surface area (Å²) in [5, 5.41) is 3.37. The van der Waals surface area contributed by atoms with Gasteiger partial charge in [0.15, 0.2) is 11.5 Å². The molecule has 3 heterocycles. The third-order valence-electron chi connectivity index (χ3n) is 5.01. The lowest BCUT2D eigenvalue weighted by atomic mass is 10.0. The maximum atomic E-state index is 14.0. The summed E-state index contributed by atoms with van der Waals surface area (Å²) in [5.41, 5.74) is 5.88. The Labute approximate surface area is 171 Å². The Morgan fingerprint density at radius 1 is 1.03 bits per heavy atom. The molecule has 1 atom stereocenters. The van der Waals surface area contributed by atoms with E-state index in [1.807, 2.05) is 38.1 Å². The van der Waals surface area contributed by atoms with Crippen LogP contribution in [0.25, 0.3) is 33.5 Å². The van der Waals surface area contributed by atoms with E-state index in [9.17, 15) is 4.39 Å². The molecular weight excluding hydrogens is 381 g/mol. The fourth-order valence-electron chi connectivity index (χ4n) is 3.53. The standard InChI is InChI=1S/C22H18FN7/c1-12-5-3-8-16-17(12)30-19(14-6-4-7-15(23)9-14)18(29-16)13(2)28-22-20-21(25-10-24-20)26-11-27-22/h3-11,13H,1-2H3,(H2,24,25,26,27,28)/t13-/m0/s1. The van der Waals surface area contributed by atoms with E-state index in [1.165, 1.54) is 18.5 Å². The first-order valence-corrected chi connectivity index (χ1v) is 9.54. The number of H-pyrrole nitrogens is 1. The monoisotopic (exact) mass is 399 g/mol. The largest absolute Gasteiger partial charge is 0.360 e. The molecule has 0 fully saturated rings. The number of rotatable bonds is 4. The molecule has 2 N–H and O–H groups in total. The summed E-state index contributed by atoms with van der Waals surface area (Å²) in [6, 6.07) is 12.0. The zero-order valence-corrected chi connectivity index (χ0v) is 16.4. The van der Waals surface area contributed by atoms with E-state index in [0.29, 0.717) is 33.9 Å². The number of hydrogen-bond acceptors (Lipinski definition) is 6. The van der Waals surface area contributed by atoms with Crippen LogP contribution in [0.15, 0.2) is 55.1 Å². The fraction of sp³-hybridized carbons (Fsp3) is 0.136. The lowest BCUT2D eigenvalue weighted by Gasteiger charge is -2.18. The van der Waals surface area contributed by atoms with E-state index < -0.39 is 0 Å². The number of nitrogens with one attached hydrogen (secondary N) is 2. The molecular formula is C22H18FN7. The number of benzene rings is 2. The Kier molecular flexibility index (Phi) is 4.31. The van der Waals surface area contributed by atoms with Crippen molar-refractivity contribution >= 4 is 28.0 Å². The lowest BCUT2D eigenvalue weighted by Crippen LogP contribution is -2.13. The average Bonchev–Trinajstić information content (AvgIpc) is 3.23. The van der Waals surface area contributed by atoms with Gasteiger partial charge in [-0.2, -0.15) is 0 Å². The third kappa shape index (κ3) is 3.12. The molecule has 0 spiro atoms. The Bertz CT molecular complexity index is 1380. The van der Waals surface area contributed by atoms with Gasteiger partial charge in [-0.1, -0.05) is 24.3 Å². The second-order valence-electron chi connectivity index (χ2n) is 7.10. The quantitative estimate of drug-likeness (QED) is 0.459. The van der Waals surface area contributed by atoms with E-state index in [2.05, 4.69) is 25.3 Å². The number of aromatic nitrogens is 6. The van der Waals surface area contributed by atoms with E-state index in [4.69, 9.17) is 9.97 Å². The molecule has 5 aromatic rings. The van der Waals surface area contributed by atoms with E-state index in [-0.39, 0.29) is 11.9 Å². The fourth-order valence-corrected chi connectivity index (χ4v) is 3.53.